The smallest absolute Gasteiger partial charge is 0.441 e. The van der Waals surface area contributed by atoms with Gasteiger partial charge in [-0.15, -0.1) is 15.7 Å². The molecule has 1 atom stereocenters. The number of carbonyl (C=O) groups is 1. The molecule has 0 aliphatic carbocycles. The van der Waals surface area contributed by atoms with Gasteiger partial charge >= 0.3 is 6.09 Å². The average molecular weight is 457 g/mol. The van der Waals surface area contributed by atoms with Crippen LogP contribution in [-0.4, -0.2) is 33.4 Å². The summed E-state index contributed by atoms with van der Waals surface area (Å²) in [5, 5.41) is 17.0. The largest absolute Gasteiger partial charge is 0.448 e. The molecule has 0 spiro atoms. The van der Waals surface area contributed by atoms with Crippen molar-refractivity contribution in [3.63, 3.8) is 0 Å². The number of hydrogen-bond acceptors (Lipinski definition) is 9. The number of carbonyl (C=O) groups excluding carboxylic acids is 1. The Morgan fingerprint density at radius 2 is 2.13 bits per heavy atom. The lowest BCUT2D eigenvalue weighted by molar-refractivity contribution is 0.164. The molecule has 9 nitrogen and oxygen atoms in total. The van der Waals surface area contributed by atoms with Crippen LogP contribution in [0.4, 0.5) is 22.2 Å². The third-order valence-corrected chi connectivity index (χ3v) is 5.88. The topological polar surface area (TPSA) is 129 Å². The highest BCUT2D eigenvalue weighted by molar-refractivity contribution is 7.75. The average Bonchev–Trinajstić information content (AvgIpc) is 3.29. The Morgan fingerprint density at radius 3 is 2.81 bits per heavy atom. The highest BCUT2D eigenvalue weighted by atomic mass is 32.2. The van der Waals surface area contributed by atoms with E-state index in [1.54, 1.807) is 48.7 Å². The fraction of sp³-hybridized carbons (Fsp3) is 0.200. The van der Waals surface area contributed by atoms with Crippen LogP contribution in [0.2, 0.25) is 0 Å². The van der Waals surface area contributed by atoms with E-state index in [4.69, 9.17) is 5.26 Å². The first kappa shape index (κ1) is 22.2. The fourth-order valence-electron chi connectivity index (χ4n) is 2.51. The van der Waals surface area contributed by atoms with Crippen LogP contribution in [0.3, 0.4) is 0 Å². The molecule has 3 aromatic rings. The van der Waals surface area contributed by atoms with Crippen molar-refractivity contribution in [3.05, 3.63) is 48.0 Å². The number of nitrogens with one attached hydrogen (secondary N) is 2. The number of nitrogens with zero attached hydrogens (tertiary/aromatic N) is 4. The summed E-state index contributed by atoms with van der Waals surface area (Å²) in [6, 6.07) is 12.6. The summed E-state index contributed by atoms with van der Waals surface area (Å²) < 4.78 is 20.3. The lowest BCUT2D eigenvalue weighted by Gasteiger charge is -2.11. The zero-order valence-electron chi connectivity index (χ0n) is 16.6. The van der Waals surface area contributed by atoms with Gasteiger partial charge in [-0.25, -0.2) is 14.0 Å². The highest BCUT2D eigenvalue weighted by Crippen LogP contribution is 2.31. The number of thiophene rings is 1. The molecule has 2 heterocycles. The molecule has 160 valence electrons. The first-order valence-corrected chi connectivity index (χ1v) is 11.4. The second-order valence-electron chi connectivity index (χ2n) is 6.01. The molecule has 0 saturated carbocycles. The molecule has 2 aromatic heterocycles. The molecular formula is C20H20N6O3S2. The summed E-state index contributed by atoms with van der Waals surface area (Å²) in [5.74, 6) is 0.997. The van der Waals surface area contributed by atoms with E-state index in [0.29, 0.717) is 35.3 Å². The number of aromatic nitrogens is 2. The van der Waals surface area contributed by atoms with Crippen molar-refractivity contribution in [1.29, 1.82) is 5.26 Å². The summed E-state index contributed by atoms with van der Waals surface area (Å²) in [6.45, 7) is 2.30. The molecule has 11 heteroatoms. The SMILES string of the molecule is CCOC(=O)N=[SH](=O)c1ccc(Nc2ncc(-c3cccs3)c(NCCC#N)n2)cc1. The number of amides is 1. The molecule has 0 saturated heterocycles. The van der Waals surface area contributed by atoms with Gasteiger partial charge in [0.15, 0.2) is 0 Å². The third kappa shape index (κ3) is 6.24. The Morgan fingerprint density at radius 1 is 1.32 bits per heavy atom. The lowest BCUT2D eigenvalue weighted by Crippen LogP contribution is -2.07. The Bertz CT molecular complexity index is 1150. The number of thiol groups is 1. The van der Waals surface area contributed by atoms with Crippen molar-refractivity contribution in [1.82, 2.24) is 9.97 Å². The van der Waals surface area contributed by atoms with E-state index in [2.05, 4.69) is 35.8 Å². The van der Waals surface area contributed by atoms with Crippen molar-refractivity contribution in [2.45, 2.75) is 18.2 Å². The zero-order valence-corrected chi connectivity index (χ0v) is 18.3. The maximum Gasteiger partial charge on any atom is 0.441 e. The minimum atomic E-state index is -2.23. The molecule has 1 aromatic carbocycles. The van der Waals surface area contributed by atoms with Crippen LogP contribution in [0.1, 0.15) is 13.3 Å². The van der Waals surface area contributed by atoms with Crippen molar-refractivity contribution >= 4 is 45.5 Å². The number of rotatable bonds is 8. The van der Waals surface area contributed by atoms with Gasteiger partial charge in [0.1, 0.15) is 5.82 Å². The van der Waals surface area contributed by atoms with E-state index >= 15 is 0 Å². The highest BCUT2D eigenvalue weighted by Gasteiger charge is 2.11. The van der Waals surface area contributed by atoms with Gasteiger partial charge < -0.3 is 15.4 Å². The second-order valence-corrected chi connectivity index (χ2v) is 8.22. The molecule has 3 rings (SSSR count). The van der Waals surface area contributed by atoms with Crippen LogP contribution in [-0.2, 0) is 15.3 Å². The number of ether oxygens (including phenoxy) is 1. The maximum atomic E-state index is 12.1. The second kappa shape index (κ2) is 11.1. The standard InChI is InChI=1S/C20H20N6O3S2/c1-2-29-20(27)26-31(28)15-8-6-14(7-9-15)24-19-23-13-16(17-5-3-12-30-17)18(25-19)22-11-4-10-21/h3,5-9,12-13,31H,2,4,11H2,1H3,(H2,22,23,24,25). The van der Waals surface area contributed by atoms with Crippen molar-refractivity contribution < 1.29 is 13.7 Å². The van der Waals surface area contributed by atoms with Gasteiger partial charge in [0, 0.05) is 28.2 Å². The number of nitriles is 1. The van der Waals surface area contributed by atoms with Gasteiger partial charge in [-0.1, -0.05) is 6.07 Å². The number of hydrogen-bond donors (Lipinski definition) is 3. The maximum absolute atomic E-state index is 12.1. The van der Waals surface area contributed by atoms with Gasteiger partial charge in [0.2, 0.25) is 5.95 Å². The van der Waals surface area contributed by atoms with Gasteiger partial charge in [0.25, 0.3) is 0 Å². The number of anilines is 3. The van der Waals surface area contributed by atoms with Crippen LogP contribution in [0, 0.1) is 11.3 Å². The normalized spacial score (nSPS) is 11.5. The molecule has 0 bridgehead atoms. The predicted molar refractivity (Wildman–Crippen MR) is 121 cm³/mol. The monoisotopic (exact) mass is 456 g/mol. The minimum absolute atomic E-state index is 0.174. The van der Waals surface area contributed by atoms with Crippen LogP contribution in [0.5, 0.6) is 0 Å². The molecule has 0 aliphatic heterocycles. The fourth-order valence-corrected chi connectivity index (χ4v) is 3.97. The van der Waals surface area contributed by atoms with Gasteiger partial charge in [0.05, 0.1) is 35.3 Å². The van der Waals surface area contributed by atoms with E-state index in [1.807, 2.05) is 17.5 Å². The van der Waals surface area contributed by atoms with E-state index in [9.17, 15) is 9.00 Å². The Kier molecular flexibility index (Phi) is 7.91. The summed E-state index contributed by atoms with van der Waals surface area (Å²) >= 11 is 1.58. The lowest BCUT2D eigenvalue weighted by atomic mass is 10.2. The zero-order chi connectivity index (χ0) is 22.1. The Balaban J connectivity index is 1.77. The Hall–Kier alpha value is -3.49. The van der Waals surface area contributed by atoms with E-state index in [1.165, 1.54) is 0 Å². The van der Waals surface area contributed by atoms with Gasteiger partial charge in [-0.3, -0.25) is 0 Å². The van der Waals surface area contributed by atoms with Gasteiger partial charge in [-0.2, -0.15) is 10.2 Å². The molecule has 1 unspecified atom stereocenters. The third-order valence-electron chi connectivity index (χ3n) is 3.89. The van der Waals surface area contributed by atoms with E-state index < -0.39 is 16.7 Å². The Labute approximate surface area is 185 Å². The van der Waals surface area contributed by atoms with Crippen molar-refractivity contribution in [2.75, 3.05) is 23.8 Å². The molecule has 31 heavy (non-hydrogen) atoms. The quantitative estimate of drug-likeness (QED) is 0.335. The van der Waals surface area contributed by atoms with Crippen LogP contribution >= 0.6 is 11.3 Å². The molecule has 2 N–H and O–H groups in total. The summed E-state index contributed by atoms with van der Waals surface area (Å²) in [6.07, 6.45) is 1.23. The van der Waals surface area contributed by atoms with Crippen LogP contribution < -0.4 is 10.6 Å². The van der Waals surface area contributed by atoms with Crippen molar-refractivity contribution in [3.8, 4) is 16.5 Å². The summed E-state index contributed by atoms with van der Waals surface area (Å²) in [4.78, 5) is 21.7. The van der Waals surface area contributed by atoms with Gasteiger partial charge in [-0.05, 0) is 42.6 Å². The van der Waals surface area contributed by atoms with Crippen molar-refractivity contribution in [2.24, 2.45) is 4.36 Å². The number of benzene rings is 1. The summed E-state index contributed by atoms with van der Waals surface area (Å²) in [7, 11) is -2.23. The predicted octanol–water partition coefficient (Wildman–Crippen LogP) is 4.45. The van der Waals surface area contributed by atoms with Crippen LogP contribution in [0.25, 0.3) is 10.4 Å². The first-order valence-electron chi connectivity index (χ1n) is 9.35. The van der Waals surface area contributed by atoms with E-state index in [0.717, 1.165) is 10.4 Å². The molecule has 0 fully saturated rings. The molecule has 0 aliphatic rings. The van der Waals surface area contributed by atoms with E-state index in [-0.39, 0.29) is 6.61 Å². The summed E-state index contributed by atoms with van der Waals surface area (Å²) in [5.41, 5.74) is 1.53. The molecular weight excluding hydrogens is 436 g/mol. The first-order chi connectivity index (χ1) is 15.1. The molecule has 1 amide bonds. The molecule has 0 radical (unpaired) electrons. The minimum Gasteiger partial charge on any atom is -0.448 e. The van der Waals surface area contributed by atoms with Crippen LogP contribution in [0.15, 0.2) is 57.2 Å².